The number of hydrogen-bond donors (Lipinski definition) is 2. The van der Waals surface area contributed by atoms with Crippen LogP contribution in [-0.4, -0.2) is 12.2 Å². The van der Waals surface area contributed by atoms with Gasteiger partial charge in [0.1, 0.15) is 0 Å². The largest absolute Gasteiger partial charge is 0.504 e. The Bertz CT molecular complexity index is 591. The Hall–Kier alpha value is -2.42. The fourth-order valence-corrected chi connectivity index (χ4v) is 1.85. The van der Waals surface area contributed by atoms with Gasteiger partial charge in [-0.3, -0.25) is 0 Å². The van der Waals surface area contributed by atoms with E-state index in [2.05, 4.69) is 6.08 Å². The fraction of sp³-hybridized carbons (Fsp3) is 0.125. The van der Waals surface area contributed by atoms with E-state index in [0.717, 1.165) is 17.7 Å². The van der Waals surface area contributed by atoms with Gasteiger partial charge < -0.3 is 15.6 Å². The molecule has 0 atom stereocenters. The Morgan fingerprint density at radius 3 is 2.79 bits per heavy atom. The predicted octanol–water partition coefficient (Wildman–Crippen LogP) is 3.24. The lowest BCUT2D eigenvalue weighted by atomic mass is 10.1. The minimum absolute atomic E-state index is 0.149. The van der Waals surface area contributed by atoms with Crippen LogP contribution in [0.1, 0.15) is 11.1 Å². The third kappa shape index (κ3) is 3.52. The van der Waals surface area contributed by atoms with Crippen LogP contribution in [0.15, 0.2) is 48.5 Å². The highest BCUT2D eigenvalue weighted by atomic mass is 16.5. The molecule has 0 unspecified atom stereocenters. The van der Waals surface area contributed by atoms with Gasteiger partial charge in [-0.2, -0.15) is 0 Å². The second-order valence-corrected chi connectivity index (χ2v) is 4.28. The topological polar surface area (TPSA) is 55.5 Å². The highest BCUT2D eigenvalue weighted by molar-refractivity contribution is 5.56. The molecule has 0 saturated heterocycles. The van der Waals surface area contributed by atoms with Crippen molar-refractivity contribution < 1.29 is 9.84 Å². The maximum atomic E-state index is 9.51. The molecule has 0 fully saturated rings. The van der Waals surface area contributed by atoms with Crippen molar-refractivity contribution in [2.75, 3.05) is 12.8 Å². The molecular weight excluding hydrogens is 238 g/mol. The summed E-state index contributed by atoms with van der Waals surface area (Å²) in [6, 6.07) is 13.1. The van der Waals surface area contributed by atoms with E-state index in [4.69, 9.17) is 10.5 Å². The third-order valence-corrected chi connectivity index (χ3v) is 2.82. The molecule has 0 bridgehead atoms. The molecule has 0 saturated carbocycles. The Labute approximate surface area is 113 Å². The molecule has 3 N–H and O–H groups in total. The van der Waals surface area contributed by atoms with Crippen molar-refractivity contribution in [3.63, 3.8) is 0 Å². The summed E-state index contributed by atoms with van der Waals surface area (Å²) in [5.41, 5.74) is 8.66. The summed E-state index contributed by atoms with van der Waals surface area (Å²) in [4.78, 5) is 0. The van der Waals surface area contributed by atoms with Crippen molar-refractivity contribution in [3.8, 4) is 11.5 Å². The van der Waals surface area contributed by atoms with Gasteiger partial charge in [-0.05, 0) is 41.8 Å². The van der Waals surface area contributed by atoms with Gasteiger partial charge in [0, 0.05) is 5.69 Å². The quantitative estimate of drug-likeness (QED) is 0.825. The molecule has 0 aromatic heterocycles. The van der Waals surface area contributed by atoms with Crippen molar-refractivity contribution >= 4 is 11.8 Å². The number of methoxy groups -OCH3 is 1. The SMILES string of the molecule is COc1cc(C=CCc2cccc(N)c2)ccc1O. The van der Waals surface area contributed by atoms with Gasteiger partial charge in [0.15, 0.2) is 11.5 Å². The van der Waals surface area contributed by atoms with Crippen molar-refractivity contribution in [3.05, 3.63) is 59.7 Å². The van der Waals surface area contributed by atoms with Crippen LogP contribution in [0.5, 0.6) is 11.5 Å². The first-order valence-corrected chi connectivity index (χ1v) is 6.07. The number of ether oxygens (including phenoxy) is 1. The van der Waals surface area contributed by atoms with E-state index in [-0.39, 0.29) is 5.75 Å². The summed E-state index contributed by atoms with van der Waals surface area (Å²) in [6.45, 7) is 0. The summed E-state index contributed by atoms with van der Waals surface area (Å²) in [5.74, 6) is 0.626. The zero-order chi connectivity index (χ0) is 13.7. The molecule has 2 rings (SSSR count). The van der Waals surface area contributed by atoms with Crippen molar-refractivity contribution in [1.82, 2.24) is 0 Å². The van der Waals surface area contributed by atoms with Crippen molar-refractivity contribution in [1.29, 1.82) is 0 Å². The summed E-state index contributed by atoms with van der Waals surface area (Å²) in [7, 11) is 1.54. The first-order chi connectivity index (χ1) is 9.19. The Morgan fingerprint density at radius 2 is 2.05 bits per heavy atom. The summed E-state index contributed by atoms with van der Waals surface area (Å²) in [5, 5.41) is 9.51. The van der Waals surface area contributed by atoms with E-state index < -0.39 is 0 Å². The van der Waals surface area contributed by atoms with Crippen LogP contribution in [0.4, 0.5) is 5.69 Å². The van der Waals surface area contributed by atoms with E-state index >= 15 is 0 Å². The molecule has 98 valence electrons. The zero-order valence-electron chi connectivity index (χ0n) is 10.8. The molecule has 3 nitrogen and oxygen atoms in total. The number of nitrogen functional groups attached to an aromatic ring is 1. The number of benzene rings is 2. The number of anilines is 1. The second kappa shape index (κ2) is 5.96. The summed E-state index contributed by atoms with van der Waals surface area (Å²) >= 11 is 0. The number of aromatic hydroxyl groups is 1. The minimum Gasteiger partial charge on any atom is -0.504 e. The first-order valence-electron chi connectivity index (χ1n) is 6.07. The summed E-state index contributed by atoms with van der Waals surface area (Å²) < 4.78 is 5.07. The molecule has 0 aliphatic rings. The van der Waals surface area contributed by atoms with E-state index in [1.165, 1.54) is 12.7 Å². The fourth-order valence-electron chi connectivity index (χ4n) is 1.85. The number of nitrogens with two attached hydrogens (primary N) is 1. The molecule has 0 spiro atoms. The van der Waals surface area contributed by atoms with Gasteiger partial charge in [0.05, 0.1) is 7.11 Å². The van der Waals surface area contributed by atoms with Gasteiger partial charge >= 0.3 is 0 Å². The number of allylic oxidation sites excluding steroid dienone is 1. The van der Waals surface area contributed by atoms with Crippen LogP contribution < -0.4 is 10.5 Å². The van der Waals surface area contributed by atoms with Gasteiger partial charge in [0.2, 0.25) is 0 Å². The smallest absolute Gasteiger partial charge is 0.161 e. The molecule has 3 heteroatoms. The zero-order valence-corrected chi connectivity index (χ0v) is 10.8. The lowest BCUT2D eigenvalue weighted by Crippen LogP contribution is -1.87. The highest BCUT2D eigenvalue weighted by Crippen LogP contribution is 2.26. The standard InChI is InChI=1S/C16H17NO2/c1-19-16-11-13(8-9-15(16)18)5-2-4-12-6-3-7-14(17)10-12/h2-3,5-11,18H,4,17H2,1H3. The maximum Gasteiger partial charge on any atom is 0.161 e. The van der Waals surface area contributed by atoms with Gasteiger partial charge in [-0.25, -0.2) is 0 Å². The lowest BCUT2D eigenvalue weighted by Gasteiger charge is -2.03. The van der Waals surface area contributed by atoms with Crippen LogP contribution >= 0.6 is 0 Å². The number of phenols is 1. The van der Waals surface area contributed by atoms with Crippen LogP contribution in [0, 0.1) is 0 Å². The monoisotopic (exact) mass is 255 g/mol. The molecule has 0 amide bonds. The first kappa shape index (κ1) is 13.0. The molecule has 2 aromatic carbocycles. The molecular formula is C16H17NO2. The van der Waals surface area contributed by atoms with E-state index in [1.54, 1.807) is 12.1 Å². The minimum atomic E-state index is 0.149. The van der Waals surface area contributed by atoms with E-state index in [1.807, 2.05) is 36.4 Å². The van der Waals surface area contributed by atoms with E-state index in [9.17, 15) is 5.11 Å². The van der Waals surface area contributed by atoms with Gasteiger partial charge in [-0.15, -0.1) is 0 Å². The second-order valence-electron chi connectivity index (χ2n) is 4.28. The average Bonchev–Trinajstić information content (AvgIpc) is 2.41. The Kier molecular flexibility index (Phi) is 4.08. The van der Waals surface area contributed by atoms with Crippen LogP contribution in [0.3, 0.4) is 0 Å². The van der Waals surface area contributed by atoms with Crippen LogP contribution in [0.2, 0.25) is 0 Å². The Balaban J connectivity index is 2.07. The van der Waals surface area contributed by atoms with Crippen LogP contribution in [-0.2, 0) is 6.42 Å². The number of rotatable bonds is 4. The van der Waals surface area contributed by atoms with Crippen molar-refractivity contribution in [2.24, 2.45) is 0 Å². The maximum absolute atomic E-state index is 9.51. The Morgan fingerprint density at radius 1 is 1.21 bits per heavy atom. The normalized spacial score (nSPS) is 10.8. The number of phenolic OH excluding ortho intramolecular Hbond substituents is 1. The lowest BCUT2D eigenvalue weighted by molar-refractivity contribution is 0.373. The van der Waals surface area contributed by atoms with Gasteiger partial charge in [0.25, 0.3) is 0 Å². The van der Waals surface area contributed by atoms with Gasteiger partial charge in [-0.1, -0.05) is 30.4 Å². The molecule has 19 heavy (non-hydrogen) atoms. The van der Waals surface area contributed by atoms with Crippen molar-refractivity contribution in [2.45, 2.75) is 6.42 Å². The third-order valence-electron chi connectivity index (χ3n) is 2.82. The molecule has 0 radical (unpaired) electrons. The molecule has 2 aromatic rings. The summed E-state index contributed by atoms with van der Waals surface area (Å²) in [6.07, 6.45) is 4.86. The predicted molar refractivity (Wildman–Crippen MR) is 78.3 cm³/mol. The van der Waals surface area contributed by atoms with Crippen LogP contribution in [0.25, 0.3) is 6.08 Å². The van der Waals surface area contributed by atoms with E-state index in [0.29, 0.717) is 5.75 Å². The average molecular weight is 255 g/mol. The number of hydrogen-bond acceptors (Lipinski definition) is 3. The highest BCUT2D eigenvalue weighted by Gasteiger charge is 2.00. The molecule has 0 aliphatic carbocycles. The molecule has 0 heterocycles. The molecule has 0 aliphatic heterocycles.